The van der Waals surface area contributed by atoms with Crippen LogP contribution in [0.5, 0.6) is 0 Å². The molecule has 27 heavy (non-hydrogen) atoms. The Kier molecular flexibility index (Phi) is 3.95. The van der Waals surface area contributed by atoms with Crippen LogP contribution < -0.4 is 5.11 Å². The maximum absolute atomic E-state index is 12.8. The molecule has 0 fully saturated rings. The zero-order valence-electron chi connectivity index (χ0n) is 15.4. The third-order valence-corrected chi connectivity index (χ3v) is 4.77. The highest BCUT2D eigenvalue weighted by molar-refractivity contribution is 5.95. The lowest BCUT2D eigenvalue weighted by Gasteiger charge is -2.41. The third kappa shape index (κ3) is 2.95. The number of esters is 1. The van der Waals surface area contributed by atoms with Gasteiger partial charge in [0.15, 0.2) is 5.79 Å². The summed E-state index contributed by atoms with van der Waals surface area (Å²) in [7, 11) is 0. The number of hydrogen-bond acceptors (Lipinski definition) is 4. The second-order valence-corrected chi connectivity index (χ2v) is 7.15. The van der Waals surface area contributed by atoms with Gasteiger partial charge in [-0.3, -0.25) is 0 Å². The fraction of sp³-hybridized carbons (Fsp3) is 0.227. The highest BCUT2D eigenvalue weighted by atomic mass is 16.8. The molecule has 1 N–H and O–H groups in total. The second-order valence-electron chi connectivity index (χ2n) is 7.15. The van der Waals surface area contributed by atoms with Crippen LogP contribution in [0.15, 0.2) is 66.1 Å². The van der Waals surface area contributed by atoms with Gasteiger partial charge in [0.25, 0.3) is 0 Å². The first kappa shape index (κ1) is 17.2. The van der Waals surface area contributed by atoms with Gasteiger partial charge in [0.2, 0.25) is 0 Å². The number of aryl methyl sites for hydroxylation is 1. The highest BCUT2D eigenvalue weighted by Crippen LogP contribution is 2.41. The van der Waals surface area contributed by atoms with Crippen LogP contribution in [0.4, 0.5) is 0 Å². The fourth-order valence-corrected chi connectivity index (χ4v) is 3.69. The minimum absolute atomic E-state index is 0.00613. The molecule has 0 aliphatic carbocycles. The maximum atomic E-state index is 12.8. The monoisotopic (exact) mass is 362 g/mol. The number of fused-ring (bicyclic) bond motifs is 1. The van der Waals surface area contributed by atoms with Crippen LogP contribution in [0, 0.1) is 6.92 Å². The molecule has 3 aromatic rings. The Morgan fingerprint density at radius 1 is 1.00 bits per heavy atom. The van der Waals surface area contributed by atoms with Crippen molar-refractivity contribution in [3.63, 3.8) is 0 Å². The van der Waals surface area contributed by atoms with Crippen LogP contribution in [0.25, 0.3) is 10.9 Å². The lowest BCUT2D eigenvalue weighted by atomic mass is 9.83. The quantitative estimate of drug-likeness (QED) is 0.724. The molecule has 0 amide bonds. The Morgan fingerprint density at radius 3 is 2.37 bits per heavy atom. The average Bonchev–Trinajstić information content (AvgIpc) is 2.93. The summed E-state index contributed by atoms with van der Waals surface area (Å²) in [6.07, 6.45) is 0. The molecule has 1 atom stereocenters. The molecule has 0 radical (unpaired) electrons. The number of cyclic esters (lactones) is 1. The zero-order chi connectivity index (χ0) is 19.2. The van der Waals surface area contributed by atoms with Crippen molar-refractivity contribution in [2.75, 3.05) is 0 Å². The molecule has 0 bridgehead atoms. The van der Waals surface area contributed by atoms with E-state index in [0.717, 1.165) is 27.7 Å². The van der Waals surface area contributed by atoms with Gasteiger partial charge in [-0.05, 0) is 38.0 Å². The number of aromatic nitrogens is 1. The SMILES string of the molecule is Cc1[nH]c2ccccc2c1C(C1=C([O-])OC(C)(C)OC1=O)c1ccccc1. The van der Waals surface area contributed by atoms with Crippen LogP contribution in [0.2, 0.25) is 0 Å². The van der Waals surface area contributed by atoms with E-state index >= 15 is 0 Å². The standard InChI is InChI=1S/C22H21NO4/c1-13-17(15-11-7-8-12-16(15)23-13)18(14-9-5-4-6-10-14)19-20(24)26-22(2,3)27-21(19)25/h4-12,18,23-24H,1-3H3/p-1. The summed E-state index contributed by atoms with van der Waals surface area (Å²) < 4.78 is 10.8. The molecule has 2 heterocycles. The number of carbonyl (C=O) groups is 1. The van der Waals surface area contributed by atoms with Gasteiger partial charge >= 0.3 is 5.97 Å². The van der Waals surface area contributed by atoms with Gasteiger partial charge in [0.1, 0.15) is 0 Å². The number of H-pyrrole nitrogens is 1. The van der Waals surface area contributed by atoms with Crippen molar-refractivity contribution in [1.29, 1.82) is 0 Å². The molecular weight excluding hydrogens is 342 g/mol. The first-order valence-corrected chi connectivity index (χ1v) is 8.83. The van der Waals surface area contributed by atoms with E-state index in [1.165, 1.54) is 0 Å². The van der Waals surface area contributed by atoms with Crippen LogP contribution in [0.1, 0.15) is 36.6 Å². The normalized spacial score (nSPS) is 17.5. The Hall–Kier alpha value is -3.21. The van der Waals surface area contributed by atoms with E-state index in [4.69, 9.17) is 9.47 Å². The molecule has 0 saturated carbocycles. The van der Waals surface area contributed by atoms with E-state index in [1.54, 1.807) is 13.8 Å². The van der Waals surface area contributed by atoms with E-state index in [2.05, 4.69) is 4.98 Å². The number of rotatable bonds is 3. The van der Waals surface area contributed by atoms with Crippen LogP contribution in [-0.4, -0.2) is 16.7 Å². The smallest absolute Gasteiger partial charge is 0.338 e. The number of para-hydroxylation sites is 1. The van der Waals surface area contributed by atoms with Gasteiger partial charge in [-0.1, -0.05) is 48.5 Å². The lowest BCUT2D eigenvalue weighted by Crippen LogP contribution is -2.41. The van der Waals surface area contributed by atoms with Gasteiger partial charge in [0, 0.05) is 22.5 Å². The second kappa shape index (κ2) is 6.20. The van der Waals surface area contributed by atoms with Crippen LogP contribution in [-0.2, 0) is 14.3 Å². The molecule has 5 nitrogen and oxygen atoms in total. The Morgan fingerprint density at radius 2 is 1.67 bits per heavy atom. The third-order valence-electron chi connectivity index (χ3n) is 4.77. The molecular formula is C22H20NO4-. The number of nitrogens with one attached hydrogen (secondary N) is 1. The number of aromatic amines is 1. The summed E-state index contributed by atoms with van der Waals surface area (Å²) in [5, 5.41) is 13.8. The van der Waals surface area contributed by atoms with Gasteiger partial charge in [-0.15, -0.1) is 0 Å². The minimum atomic E-state index is -1.27. The van der Waals surface area contributed by atoms with Crippen molar-refractivity contribution in [2.24, 2.45) is 0 Å². The molecule has 138 valence electrons. The number of carbonyl (C=O) groups excluding carboxylic acids is 1. The predicted molar refractivity (Wildman–Crippen MR) is 99.6 cm³/mol. The van der Waals surface area contributed by atoms with Crippen molar-refractivity contribution in [1.82, 2.24) is 4.98 Å². The topological polar surface area (TPSA) is 74.4 Å². The highest BCUT2D eigenvalue weighted by Gasteiger charge is 2.36. The van der Waals surface area contributed by atoms with E-state index < -0.39 is 23.6 Å². The molecule has 1 aliphatic heterocycles. The molecule has 1 unspecified atom stereocenters. The molecule has 2 aromatic carbocycles. The largest absolute Gasteiger partial charge is 0.575 e. The van der Waals surface area contributed by atoms with Gasteiger partial charge in [-0.25, -0.2) is 4.79 Å². The molecule has 1 aromatic heterocycles. The maximum Gasteiger partial charge on any atom is 0.338 e. The van der Waals surface area contributed by atoms with Crippen molar-refractivity contribution in [3.05, 3.63) is 82.9 Å². The predicted octanol–water partition coefficient (Wildman–Crippen LogP) is 3.49. The van der Waals surface area contributed by atoms with Crippen LogP contribution in [0.3, 0.4) is 0 Å². The summed E-state index contributed by atoms with van der Waals surface area (Å²) in [4.78, 5) is 16.2. The van der Waals surface area contributed by atoms with Crippen molar-refractivity contribution in [3.8, 4) is 0 Å². The summed E-state index contributed by atoms with van der Waals surface area (Å²) in [6, 6.07) is 17.3. The van der Waals surface area contributed by atoms with Gasteiger partial charge < -0.3 is 19.6 Å². The van der Waals surface area contributed by atoms with E-state index in [9.17, 15) is 9.90 Å². The summed E-state index contributed by atoms with van der Waals surface area (Å²) in [6.45, 7) is 5.04. The van der Waals surface area contributed by atoms with E-state index in [1.807, 2.05) is 61.5 Å². The summed E-state index contributed by atoms with van der Waals surface area (Å²) in [5.41, 5.74) is 3.54. The van der Waals surface area contributed by atoms with Crippen molar-refractivity contribution >= 4 is 16.9 Å². The Labute approximate surface area is 157 Å². The molecule has 0 saturated heterocycles. The van der Waals surface area contributed by atoms with Gasteiger partial charge in [0.05, 0.1) is 11.5 Å². The van der Waals surface area contributed by atoms with Crippen molar-refractivity contribution in [2.45, 2.75) is 32.5 Å². The molecule has 1 aliphatic rings. The first-order valence-electron chi connectivity index (χ1n) is 8.83. The average molecular weight is 362 g/mol. The lowest BCUT2D eigenvalue weighted by molar-refractivity contribution is -0.394. The van der Waals surface area contributed by atoms with E-state index in [0.29, 0.717) is 0 Å². The molecule has 0 spiro atoms. The summed E-state index contributed by atoms with van der Waals surface area (Å²) >= 11 is 0. The van der Waals surface area contributed by atoms with Gasteiger partial charge in [-0.2, -0.15) is 0 Å². The first-order chi connectivity index (χ1) is 12.9. The zero-order valence-corrected chi connectivity index (χ0v) is 15.4. The minimum Gasteiger partial charge on any atom is -0.575 e. The van der Waals surface area contributed by atoms with E-state index in [-0.39, 0.29) is 5.57 Å². The van der Waals surface area contributed by atoms with Crippen molar-refractivity contribution < 1.29 is 19.4 Å². The number of ether oxygens (including phenoxy) is 2. The molecule has 4 rings (SSSR count). The summed E-state index contributed by atoms with van der Waals surface area (Å²) in [5.74, 6) is -3.14. The number of hydrogen-bond donors (Lipinski definition) is 1. The van der Waals surface area contributed by atoms with Crippen LogP contribution >= 0.6 is 0 Å². The fourth-order valence-electron chi connectivity index (χ4n) is 3.69. The Bertz CT molecular complexity index is 1050. The number of benzene rings is 2. The Balaban J connectivity index is 1.99. The molecule has 5 heteroatoms.